The molecule has 114 valence electrons. The first-order chi connectivity index (χ1) is 10.7. The smallest absolute Gasteiger partial charge is 0.247 e. The number of carbonyl (C=O) groups is 2. The second-order valence-corrected chi connectivity index (χ2v) is 5.39. The van der Waals surface area contributed by atoms with Crippen LogP contribution in [-0.2, 0) is 16.0 Å². The van der Waals surface area contributed by atoms with Crippen molar-refractivity contribution in [2.45, 2.75) is 6.42 Å². The standard InChI is InChI=1S/C13H12ClN5O2S/c14-7-11(21)16-13-19-18-12(22-13)6-10(20)17-15-8-9-4-2-1-3-5-9/h1-5,8H,6-7H2,(H,17,20)(H,16,19,21)/b15-8-. The first-order valence-corrected chi connectivity index (χ1v) is 7.57. The van der Waals surface area contributed by atoms with E-state index in [0.29, 0.717) is 10.1 Å². The van der Waals surface area contributed by atoms with E-state index >= 15 is 0 Å². The Balaban J connectivity index is 1.82. The maximum absolute atomic E-state index is 11.7. The summed E-state index contributed by atoms with van der Waals surface area (Å²) in [4.78, 5) is 22.8. The van der Waals surface area contributed by atoms with Crippen LogP contribution in [0.25, 0.3) is 0 Å². The molecule has 0 fully saturated rings. The molecule has 0 aliphatic heterocycles. The van der Waals surface area contributed by atoms with Crippen molar-refractivity contribution in [1.82, 2.24) is 15.6 Å². The Morgan fingerprint density at radius 1 is 1.23 bits per heavy atom. The Labute approximate surface area is 135 Å². The quantitative estimate of drug-likeness (QED) is 0.473. The normalized spacial score (nSPS) is 10.6. The minimum Gasteiger partial charge on any atom is -0.299 e. The van der Waals surface area contributed by atoms with E-state index in [9.17, 15) is 9.59 Å². The van der Waals surface area contributed by atoms with Gasteiger partial charge >= 0.3 is 0 Å². The van der Waals surface area contributed by atoms with Crippen LogP contribution >= 0.6 is 22.9 Å². The van der Waals surface area contributed by atoms with Crippen molar-refractivity contribution in [1.29, 1.82) is 0 Å². The third-order valence-electron chi connectivity index (χ3n) is 2.35. The number of benzene rings is 1. The topological polar surface area (TPSA) is 96.3 Å². The number of aromatic nitrogens is 2. The lowest BCUT2D eigenvalue weighted by molar-refractivity contribution is -0.120. The van der Waals surface area contributed by atoms with Crippen molar-refractivity contribution in [3.8, 4) is 0 Å². The fraction of sp³-hybridized carbons (Fsp3) is 0.154. The highest BCUT2D eigenvalue weighted by Crippen LogP contribution is 2.15. The van der Waals surface area contributed by atoms with Crippen molar-refractivity contribution in [2.24, 2.45) is 5.10 Å². The van der Waals surface area contributed by atoms with Crippen LogP contribution in [0.4, 0.5) is 5.13 Å². The molecule has 22 heavy (non-hydrogen) atoms. The number of alkyl halides is 1. The number of rotatable bonds is 6. The van der Waals surface area contributed by atoms with Gasteiger partial charge in [-0.1, -0.05) is 41.7 Å². The van der Waals surface area contributed by atoms with Crippen LogP contribution in [0.5, 0.6) is 0 Å². The van der Waals surface area contributed by atoms with Crippen molar-refractivity contribution < 1.29 is 9.59 Å². The van der Waals surface area contributed by atoms with Gasteiger partial charge in [0.05, 0.1) is 12.6 Å². The van der Waals surface area contributed by atoms with Gasteiger partial charge < -0.3 is 0 Å². The highest BCUT2D eigenvalue weighted by molar-refractivity contribution is 7.15. The number of amides is 2. The highest BCUT2D eigenvalue weighted by Gasteiger charge is 2.10. The number of hydrogen-bond donors (Lipinski definition) is 2. The van der Waals surface area contributed by atoms with Crippen LogP contribution in [0.1, 0.15) is 10.6 Å². The zero-order valence-corrected chi connectivity index (χ0v) is 12.9. The molecule has 9 heteroatoms. The molecule has 0 saturated carbocycles. The van der Waals surface area contributed by atoms with Gasteiger partial charge in [-0.25, -0.2) is 5.43 Å². The van der Waals surface area contributed by atoms with E-state index < -0.39 is 0 Å². The summed E-state index contributed by atoms with van der Waals surface area (Å²) in [5.74, 6) is -0.858. The average Bonchev–Trinajstić information content (AvgIpc) is 2.95. The Morgan fingerprint density at radius 3 is 2.73 bits per heavy atom. The van der Waals surface area contributed by atoms with E-state index in [2.05, 4.69) is 26.0 Å². The van der Waals surface area contributed by atoms with Crippen LogP contribution in [0.2, 0.25) is 0 Å². The summed E-state index contributed by atoms with van der Waals surface area (Å²) in [6.45, 7) is 0. The van der Waals surface area contributed by atoms with Crippen molar-refractivity contribution in [2.75, 3.05) is 11.2 Å². The first-order valence-electron chi connectivity index (χ1n) is 6.22. The highest BCUT2D eigenvalue weighted by atomic mass is 35.5. The van der Waals surface area contributed by atoms with Gasteiger partial charge in [0.1, 0.15) is 10.9 Å². The van der Waals surface area contributed by atoms with Gasteiger partial charge in [0.25, 0.3) is 0 Å². The Bertz CT molecular complexity index is 674. The van der Waals surface area contributed by atoms with Gasteiger partial charge in [-0.2, -0.15) is 5.10 Å². The van der Waals surface area contributed by atoms with Gasteiger partial charge in [0.2, 0.25) is 16.9 Å². The van der Waals surface area contributed by atoms with E-state index in [1.807, 2.05) is 30.3 Å². The molecule has 1 heterocycles. The summed E-state index contributed by atoms with van der Waals surface area (Å²) < 4.78 is 0. The minimum absolute atomic E-state index is 0.0283. The maximum atomic E-state index is 11.7. The lowest BCUT2D eigenvalue weighted by atomic mass is 10.2. The molecule has 2 aromatic rings. The van der Waals surface area contributed by atoms with E-state index in [0.717, 1.165) is 16.9 Å². The molecular formula is C13H12ClN5O2S. The molecule has 0 spiro atoms. The number of halogens is 1. The van der Waals surface area contributed by atoms with Crippen molar-refractivity contribution in [3.05, 3.63) is 40.9 Å². The van der Waals surface area contributed by atoms with Crippen LogP contribution in [0.15, 0.2) is 35.4 Å². The lowest BCUT2D eigenvalue weighted by Crippen LogP contribution is -2.19. The molecule has 0 aliphatic carbocycles. The molecule has 2 rings (SSSR count). The molecule has 1 aromatic heterocycles. The Morgan fingerprint density at radius 2 is 2.00 bits per heavy atom. The third kappa shape index (κ3) is 5.23. The molecule has 2 amide bonds. The summed E-state index contributed by atoms with van der Waals surface area (Å²) in [5, 5.41) is 14.6. The van der Waals surface area contributed by atoms with E-state index in [1.165, 1.54) is 0 Å². The molecule has 2 N–H and O–H groups in total. The number of hydrazone groups is 1. The van der Waals surface area contributed by atoms with Gasteiger partial charge in [0, 0.05) is 0 Å². The predicted molar refractivity (Wildman–Crippen MR) is 85.1 cm³/mol. The molecule has 0 aliphatic rings. The summed E-state index contributed by atoms with van der Waals surface area (Å²) in [5.41, 5.74) is 3.28. The third-order valence-corrected chi connectivity index (χ3v) is 3.43. The fourth-order valence-corrected chi connectivity index (χ4v) is 2.24. The molecule has 0 radical (unpaired) electrons. The number of nitrogens with zero attached hydrogens (tertiary/aromatic N) is 3. The molecule has 0 unspecified atom stereocenters. The summed E-state index contributed by atoms with van der Waals surface area (Å²) >= 11 is 6.47. The zero-order valence-electron chi connectivity index (χ0n) is 11.3. The molecule has 0 atom stereocenters. The molecule has 7 nitrogen and oxygen atoms in total. The van der Waals surface area contributed by atoms with Gasteiger partial charge in [-0.15, -0.1) is 21.8 Å². The predicted octanol–water partition coefficient (Wildman–Crippen LogP) is 1.41. The van der Waals surface area contributed by atoms with Gasteiger partial charge in [-0.3, -0.25) is 14.9 Å². The second-order valence-electron chi connectivity index (χ2n) is 4.06. The fourth-order valence-electron chi connectivity index (χ4n) is 1.42. The number of carbonyl (C=O) groups excluding carboxylic acids is 2. The zero-order chi connectivity index (χ0) is 15.8. The SMILES string of the molecule is O=C(Cc1nnc(NC(=O)CCl)s1)N/N=C\c1ccccc1. The number of nitrogens with one attached hydrogen (secondary N) is 2. The molecule has 0 saturated heterocycles. The van der Waals surface area contributed by atoms with Crippen molar-refractivity contribution >= 4 is 46.1 Å². The first kappa shape index (κ1) is 16.1. The maximum Gasteiger partial charge on any atom is 0.247 e. The van der Waals surface area contributed by atoms with Crippen LogP contribution < -0.4 is 10.7 Å². The number of hydrogen-bond acceptors (Lipinski definition) is 6. The van der Waals surface area contributed by atoms with Gasteiger partial charge in [0.15, 0.2) is 0 Å². The van der Waals surface area contributed by atoms with E-state index in [-0.39, 0.29) is 24.1 Å². The largest absolute Gasteiger partial charge is 0.299 e. The summed E-state index contributed by atoms with van der Waals surface area (Å²) in [6, 6.07) is 9.38. The van der Waals surface area contributed by atoms with Gasteiger partial charge in [-0.05, 0) is 5.56 Å². The summed E-state index contributed by atoms with van der Waals surface area (Å²) in [6.07, 6.45) is 1.57. The van der Waals surface area contributed by atoms with E-state index in [1.54, 1.807) is 6.21 Å². The summed E-state index contributed by atoms with van der Waals surface area (Å²) in [7, 11) is 0. The lowest BCUT2D eigenvalue weighted by Gasteiger charge is -1.96. The van der Waals surface area contributed by atoms with Crippen LogP contribution in [0, 0.1) is 0 Å². The molecule has 0 bridgehead atoms. The minimum atomic E-state index is -0.374. The Kier molecular flexibility index (Phi) is 5.99. The second kappa shape index (κ2) is 8.20. The monoisotopic (exact) mass is 337 g/mol. The van der Waals surface area contributed by atoms with Crippen molar-refractivity contribution in [3.63, 3.8) is 0 Å². The molecule has 1 aromatic carbocycles. The van der Waals surface area contributed by atoms with Crippen LogP contribution in [0.3, 0.4) is 0 Å². The van der Waals surface area contributed by atoms with Crippen LogP contribution in [-0.4, -0.2) is 34.1 Å². The number of anilines is 1. The Hall–Kier alpha value is -2.32. The average molecular weight is 338 g/mol. The molecular weight excluding hydrogens is 326 g/mol. The van der Waals surface area contributed by atoms with E-state index in [4.69, 9.17) is 11.6 Å².